The van der Waals surface area contributed by atoms with Gasteiger partial charge in [0.15, 0.2) is 5.78 Å². The van der Waals surface area contributed by atoms with Gasteiger partial charge in [0.05, 0.1) is 17.7 Å². The normalized spacial score (nSPS) is 28.3. The van der Waals surface area contributed by atoms with Gasteiger partial charge in [0.1, 0.15) is 0 Å². The summed E-state index contributed by atoms with van der Waals surface area (Å²) in [4.78, 5) is 21.7. The summed E-state index contributed by atoms with van der Waals surface area (Å²) < 4.78 is 0. The van der Waals surface area contributed by atoms with E-state index in [1.54, 1.807) is 6.20 Å². The smallest absolute Gasteiger partial charge is 0.160 e. The number of carbonyl (C=O) groups is 1. The second kappa shape index (κ2) is 5.02. The summed E-state index contributed by atoms with van der Waals surface area (Å²) in [7, 11) is 4.15. The molecule has 1 saturated heterocycles. The molecule has 4 heteroatoms. The minimum Gasteiger partial charge on any atom is -0.303 e. The molecular formula is C15H21N3O. The fourth-order valence-electron chi connectivity index (χ4n) is 3.24. The van der Waals surface area contributed by atoms with Gasteiger partial charge in [0.25, 0.3) is 0 Å². The maximum atomic E-state index is 12.8. The van der Waals surface area contributed by atoms with Crippen LogP contribution in [0, 0.1) is 0 Å². The zero-order chi connectivity index (χ0) is 13.4. The molecule has 2 unspecified atom stereocenters. The second-order valence-electron chi connectivity index (χ2n) is 5.80. The molecule has 2 heterocycles. The number of piperazine rings is 1. The SMILES string of the molecule is CN1CCN(C)C(C(=O)C2CCc3cccnc32)C1. The number of hydrogen-bond donors (Lipinski definition) is 0. The van der Waals surface area contributed by atoms with E-state index in [4.69, 9.17) is 0 Å². The van der Waals surface area contributed by atoms with Crippen molar-refractivity contribution in [2.75, 3.05) is 33.7 Å². The molecule has 102 valence electrons. The first-order chi connectivity index (χ1) is 9.16. The Balaban J connectivity index is 1.81. The molecule has 0 N–H and O–H groups in total. The van der Waals surface area contributed by atoms with Gasteiger partial charge in [0, 0.05) is 25.8 Å². The predicted molar refractivity (Wildman–Crippen MR) is 74.2 cm³/mol. The van der Waals surface area contributed by atoms with Gasteiger partial charge in [-0.1, -0.05) is 6.07 Å². The summed E-state index contributed by atoms with van der Waals surface area (Å²) in [6, 6.07) is 4.09. The lowest BCUT2D eigenvalue weighted by Crippen LogP contribution is -2.54. The van der Waals surface area contributed by atoms with Crippen LogP contribution in [0.3, 0.4) is 0 Å². The van der Waals surface area contributed by atoms with E-state index in [-0.39, 0.29) is 12.0 Å². The van der Waals surface area contributed by atoms with E-state index >= 15 is 0 Å². The molecule has 1 fully saturated rings. The van der Waals surface area contributed by atoms with Crippen molar-refractivity contribution in [3.63, 3.8) is 0 Å². The van der Waals surface area contributed by atoms with Gasteiger partial charge >= 0.3 is 0 Å². The van der Waals surface area contributed by atoms with Crippen molar-refractivity contribution in [2.45, 2.75) is 24.8 Å². The molecule has 1 aromatic heterocycles. The monoisotopic (exact) mass is 259 g/mol. The zero-order valence-electron chi connectivity index (χ0n) is 11.7. The molecule has 4 nitrogen and oxygen atoms in total. The molecule has 0 radical (unpaired) electrons. The number of ketones is 1. The maximum absolute atomic E-state index is 12.8. The molecule has 1 aliphatic heterocycles. The summed E-state index contributed by atoms with van der Waals surface area (Å²) in [5, 5.41) is 0. The van der Waals surface area contributed by atoms with Crippen molar-refractivity contribution in [2.24, 2.45) is 0 Å². The molecule has 0 amide bonds. The zero-order valence-corrected chi connectivity index (χ0v) is 11.7. The van der Waals surface area contributed by atoms with Crippen LogP contribution in [0.1, 0.15) is 23.6 Å². The molecule has 1 aromatic rings. The summed E-state index contributed by atoms with van der Waals surface area (Å²) >= 11 is 0. The number of fused-ring (bicyclic) bond motifs is 1. The number of Topliss-reactive ketones (excluding diaryl/α,β-unsaturated/α-hetero) is 1. The quantitative estimate of drug-likeness (QED) is 0.791. The molecular weight excluding hydrogens is 238 g/mol. The first-order valence-corrected chi connectivity index (χ1v) is 7.03. The lowest BCUT2D eigenvalue weighted by molar-refractivity contribution is -0.127. The molecule has 2 aliphatic rings. The maximum Gasteiger partial charge on any atom is 0.160 e. The first kappa shape index (κ1) is 12.8. The Hall–Kier alpha value is -1.26. The van der Waals surface area contributed by atoms with E-state index in [0.717, 1.165) is 38.2 Å². The van der Waals surface area contributed by atoms with E-state index in [9.17, 15) is 4.79 Å². The van der Waals surface area contributed by atoms with Crippen molar-refractivity contribution in [3.8, 4) is 0 Å². The number of likely N-dealkylation sites (N-methyl/N-ethyl adjacent to an activating group) is 2. The minimum atomic E-state index is 0.00940. The van der Waals surface area contributed by atoms with Gasteiger partial charge in [-0.05, 0) is 38.6 Å². The van der Waals surface area contributed by atoms with E-state index in [1.165, 1.54) is 5.56 Å². The summed E-state index contributed by atoms with van der Waals surface area (Å²) in [6.07, 6.45) is 3.73. The Morgan fingerprint density at radius 1 is 1.37 bits per heavy atom. The lowest BCUT2D eigenvalue weighted by Gasteiger charge is -2.37. The van der Waals surface area contributed by atoms with Crippen molar-refractivity contribution >= 4 is 5.78 Å². The Morgan fingerprint density at radius 2 is 2.21 bits per heavy atom. The number of carbonyl (C=O) groups excluding carboxylic acids is 1. The average molecular weight is 259 g/mol. The number of aryl methyl sites for hydroxylation is 1. The fourth-order valence-corrected chi connectivity index (χ4v) is 3.24. The fraction of sp³-hybridized carbons (Fsp3) is 0.600. The van der Waals surface area contributed by atoms with Crippen molar-refractivity contribution in [3.05, 3.63) is 29.6 Å². The summed E-state index contributed by atoms with van der Waals surface area (Å²) in [5.41, 5.74) is 2.28. The second-order valence-corrected chi connectivity index (χ2v) is 5.80. The Kier molecular flexibility index (Phi) is 3.37. The number of aromatic nitrogens is 1. The van der Waals surface area contributed by atoms with Crippen LogP contribution in [0.5, 0.6) is 0 Å². The summed E-state index contributed by atoms with van der Waals surface area (Å²) in [6.45, 7) is 2.85. The van der Waals surface area contributed by atoms with Crippen molar-refractivity contribution < 1.29 is 4.79 Å². The molecule has 19 heavy (non-hydrogen) atoms. The van der Waals surface area contributed by atoms with Crippen molar-refractivity contribution in [1.82, 2.24) is 14.8 Å². The largest absolute Gasteiger partial charge is 0.303 e. The van der Waals surface area contributed by atoms with Gasteiger partial charge in [-0.3, -0.25) is 14.7 Å². The third kappa shape index (κ3) is 2.30. The van der Waals surface area contributed by atoms with Gasteiger partial charge < -0.3 is 4.90 Å². The third-order valence-electron chi connectivity index (χ3n) is 4.48. The molecule has 0 aromatic carbocycles. The highest BCUT2D eigenvalue weighted by atomic mass is 16.1. The van der Waals surface area contributed by atoms with Gasteiger partial charge in [-0.2, -0.15) is 0 Å². The molecule has 1 aliphatic carbocycles. The van der Waals surface area contributed by atoms with Gasteiger partial charge in [-0.15, -0.1) is 0 Å². The topological polar surface area (TPSA) is 36.4 Å². The average Bonchev–Trinajstić information content (AvgIpc) is 2.84. The lowest BCUT2D eigenvalue weighted by atomic mass is 9.93. The van der Waals surface area contributed by atoms with Crippen LogP contribution >= 0.6 is 0 Å². The predicted octanol–water partition coefficient (Wildman–Crippen LogP) is 0.926. The minimum absolute atomic E-state index is 0.00940. The third-order valence-corrected chi connectivity index (χ3v) is 4.48. The van der Waals surface area contributed by atoms with Gasteiger partial charge in [-0.25, -0.2) is 0 Å². The Morgan fingerprint density at radius 3 is 3.05 bits per heavy atom. The molecule has 0 spiro atoms. The number of hydrogen-bond acceptors (Lipinski definition) is 4. The number of pyridine rings is 1. The van der Waals surface area contributed by atoms with Crippen LogP contribution in [0.15, 0.2) is 18.3 Å². The highest BCUT2D eigenvalue weighted by Gasteiger charge is 2.37. The summed E-state index contributed by atoms with van der Waals surface area (Å²) in [5.74, 6) is 0.363. The molecule has 0 bridgehead atoms. The first-order valence-electron chi connectivity index (χ1n) is 7.03. The highest BCUT2D eigenvalue weighted by molar-refractivity contribution is 5.91. The van der Waals surface area contributed by atoms with Crippen LogP contribution in [0.2, 0.25) is 0 Å². The van der Waals surface area contributed by atoms with Crippen LogP contribution < -0.4 is 0 Å². The van der Waals surface area contributed by atoms with Gasteiger partial charge in [0.2, 0.25) is 0 Å². The van der Waals surface area contributed by atoms with E-state index in [1.807, 2.05) is 6.07 Å². The molecule has 0 saturated carbocycles. The van der Waals surface area contributed by atoms with E-state index < -0.39 is 0 Å². The van der Waals surface area contributed by atoms with E-state index in [2.05, 4.69) is 34.9 Å². The van der Waals surface area contributed by atoms with Crippen LogP contribution in [-0.2, 0) is 11.2 Å². The highest BCUT2D eigenvalue weighted by Crippen LogP contribution is 2.33. The van der Waals surface area contributed by atoms with Crippen LogP contribution in [0.25, 0.3) is 0 Å². The molecule has 3 rings (SSSR count). The van der Waals surface area contributed by atoms with E-state index in [0.29, 0.717) is 5.78 Å². The number of nitrogens with zero attached hydrogens (tertiary/aromatic N) is 3. The molecule has 2 atom stereocenters. The standard InChI is InChI=1S/C15H21N3O/c1-17-8-9-18(2)13(10-17)15(19)12-6-5-11-4-3-7-16-14(11)12/h3-4,7,12-13H,5-6,8-10H2,1-2H3. The van der Waals surface area contributed by atoms with Crippen LogP contribution in [-0.4, -0.2) is 60.3 Å². The Labute approximate surface area is 114 Å². The van der Waals surface area contributed by atoms with Crippen molar-refractivity contribution in [1.29, 1.82) is 0 Å². The van der Waals surface area contributed by atoms with Crippen LogP contribution in [0.4, 0.5) is 0 Å². The number of rotatable bonds is 2. The Bertz CT molecular complexity index is 488.